The molecule has 0 saturated carbocycles. The molecule has 1 heterocycles. The molecule has 0 aliphatic rings. The Morgan fingerprint density at radius 3 is 2.93 bits per heavy atom. The number of aromatic nitrogens is 1. The summed E-state index contributed by atoms with van der Waals surface area (Å²) in [5.74, 6) is 0. The molecular weight excluding hydrogens is 206 g/mol. The molecule has 0 radical (unpaired) electrons. The van der Waals surface area contributed by atoms with E-state index in [4.69, 9.17) is 5.73 Å². The van der Waals surface area contributed by atoms with E-state index in [1.807, 2.05) is 6.92 Å². The minimum Gasteiger partial charge on any atom is -0.328 e. The molecule has 3 N–H and O–H groups in total. The molecule has 4 heteroatoms. The van der Waals surface area contributed by atoms with E-state index < -0.39 is 0 Å². The Hall–Kier alpha value is -0.450. The molecule has 1 aromatic rings. The lowest BCUT2D eigenvalue weighted by Gasteiger charge is -2.05. The summed E-state index contributed by atoms with van der Waals surface area (Å²) in [6.45, 7) is 6.17. The highest BCUT2D eigenvalue weighted by Crippen LogP contribution is 2.08. The highest BCUT2D eigenvalue weighted by molar-refractivity contribution is 7.09. The number of nitrogens with one attached hydrogen (secondary N) is 1. The van der Waals surface area contributed by atoms with Gasteiger partial charge in [0.2, 0.25) is 0 Å². The van der Waals surface area contributed by atoms with Crippen molar-refractivity contribution in [1.82, 2.24) is 10.3 Å². The summed E-state index contributed by atoms with van der Waals surface area (Å²) in [5.41, 5.74) is 6.80. The lowest BCUT2D eigenvalue weighted by molar-refractivity contribution is 0.575. The number of nitrogens with zero attached hydrogens (tertiary/aromatic N) is 1. The third-order valence-electron chi connectivity index (χ3n) is 2.20. The first-order valence-corrected chi connectivity index (χ1v) is 6.43. The lowest BCUT2D eigenvalue weighted by atomic mass is 10.2. The van der Waals surface area contributed by atoms with Crippen LogP contribution in [0.25, 0.3) is 0 Å². The average molecular weight is 227 g/mol. The zero-order chi connectivity index (χ0) is 11.1. The van der Waals surface area contributed by atoms with Crippen LogP contribution in [-0.2, 0) is 6.42 Å². The summed E-state index contributed by atoms with van der Waals surface area (Å²) in [7, 11) is 0. The monoisotopic (exact) mass is 227 g/mol. The zero-order valence-corrected chi connectivity index (χ0v) is 10.4. The van der Waals surface area contributed by atoms with Gasteiger partial charge in [0.25, 0.3) is 0 Å². The summed E-state index contributed by atoms with van der Waals surface area (Å²) >= 11 is 1.75. The van der Waals surface area contributed by atoms with Gasteiger partial charge in [0.05, 0.1) is 5.01 Å². The van der Waals surface area contributed by atoms with Crippen molar-refractivity contribution in [2.24, 2.45) is 5.73 Å². The van der Waals surface area contributed by atoms with Gasteiger partial charge in [-0.05, 0) is 33.2 Å². The van der Waals surface area contributed by atoms with Crippen molar-refractivity contribution in [2.45, 2.75) is 39.2 Å². The van der Waals surface area contributed by atoms with E-state index in [2.05, 4.69) is 22.6 Å². The molecule has 15 heavy (non-hydrogen) atoms. The predicted molar refractivity (Wildman–Crippen MR) is 66.3 cm³/mol. The van der Waals surface area contributed by atoms with Crippen molar-refractivity contribution in [3.8, 4) is 0 Å². The molecular formula is C11H21N3S. The Bertz CT molecular complexity index is 271. The first-order chi connectivity index (χ1) is 7.18. The van der Waals surface area contributed by atoms with Crippen LogP contribution >= 0.6 is 11.3 Å². The summed E-state index contributed by atoms with van der Waals surface area (Å²) in [6, 6.07) is 0.327. The first-order valence-electron chi connectivity index (χ1n) is 5.56. The standard InChI is InChI=1S/C11H21N3S/c1-9(12)4-3-6-13-7-5-11-14-10(2)8-15-11/h8-9,13H,3-7,12H2,1-2H3. The van der Waals surface area contributed by atoms with E-state index in [-0.39, 0.29) is 0 Å². The van der Waals surface area contributed by atoms with E-state index in [0.717, 1.165) is 38.0 Å². The second kappa shape index (κ2) is 6.93. The molecule has 0 aliphatic carbocycles. The molecule has 0 aliphatic heterocycles. The summed E-state index contributed by atoms with van der Waals surface area (Å²) < 4.78 is 0. The number of hydrogen-bond acceptors (Lipinski definition) is 4. The minimum atomic E-state index is 0.327. The Kier molecular flexibility index (Phi) is 5.83. The molecule has 1 aromatic heterocycles. The first kappa shape index (κ1) is 12.6. The van der Waals surface area contributed by atoms with Crippen molar-refractivity contribution in [3.05, 3.63) is 16.1 Å². The summed E-state index contributed by atoms with van der Waals surface area (Å²) in [5, 5.41) is 6.74. The SMILES string of the molecule is Cc1csc(CCNCCCC(C)N)n1. The van der Waals surface area contributed by atoms with Crippen molar-refractivity contribution in [1.29, 1.82) is 0 Å². The van der Waals surface area contributed by atoms with Gasteiger partial charge >= 0.3 is 0 Å². The number of rotatable bonds is 7. The Morgan fingerprint density at radius 2 is 2.33 bits per heavy atom. The molecule has 1 unspecified atom stereocenters. The van der Waals surface area contributed by atoms with E-state index in [0.29, 0.717) is 6.04 Å². The van der Waals surface area contributed by atoms with Crippen LogP contribution in [0.3, 0.4) is 0 Å². The second-order valence-corrected chi connectivity index (χ2v) is 4.94. The maximum Gasteiger partial charge on any atom is 0.0940 e. The van der Waals surface area contributed by atoms with Gasteiger partial charge < -0.3 is 11.1 Å². The van der Waals surface area contributed by atoms with E-state index >= 15 is 0 Å². The fourth-order valence-electron chi connectivity index (χ4n) is 1.39. The normalized spacial score (nSPS) is 13.0. The number of thiazole rings is 1. The van der Waals surface area contributed by atoms with E-state index in [1.165, 1.54) is 5.01 Å². The fraction of sp³-hybridized carbons (Fsp3) is 0.727. The van der Waals surface area contributed by atoms with Gasteiger partial charge in [-0.1, -0.05) is 0 Å². The van der Waals surface area contributed by atoms with Crippen LogP contribution in [0, 0.1) is 6.92 Å². The second-order valence-electron chi connectivity index (χ2n) is 4.00. The largest absolute Gasteiger partial charge is 0.328 e. The van der Waals surface area contributed by atoms with E-state index in [9.17, 15) is 0 Å². The topological polar surface area (TPSA) is 50.9 Å². The maximum absolute atomic E-state index is 5.66. The van der Waals surface area contributed by atoms with Crippen molar-refractivity contribution in [2.75, 3.05) is 13.1 Å². The van der Waals surface area contributed by atoms with Crippen molar-refractivity contribution >= 4 is 11.3 Å². The van der Waals surface area contributed by atoms with Crippen LogP contribution in [0.1, 0.15) is 30.5 Å². The number of hydrogen-bond donors (Lipinski definition) is 2. The Morgan fingerprint density at radius 1 is 1.53 bits per heavy atom. The van der Waals surface area contributed by atoms with Gasteiger partial charge in [-0.15, -0.1) is 11.3 Å². The van der Waals surface area contributed by atoms with Crippen molar-refractivity contribution in [3.63, 3.8) is 0 Å². The molecule has 3 nitrogen and oxygen atoms in total. The Labute approximate surface area is 96.1 Å². The predicted octanol–water partition coefficient (Wildman–Crippen LogP) is 1.71. The molecule has 0 saturated heterocycles. The van der Waals surface area contributed by atoms with Crippen LogP contribution in [0.5, 0.6) is 0 Å². The minimum absolute atomic E-state index is 0.327. The molecule has 0 bridgehead atoms. The molecule has 0 fully saturated rings. The van der Waals surface area contributed by atoms with Crippen LogP contribution in [-0.4, -0.2) is 24.1 Å². The smallest absolute Gasteiger partial charge is 0.0940 e. The number of aryl methyl sites for hydroxylation is 1. The number of nitrogens with two attached hydrogens (primary N) is 1. The van der Waals surface area contributed by atoms with Gasteiger partial charge in [-0.2, -0.15) is 0 Å². The summed E-state index contributed by atoms with van der Waals surface area (Å²) in [4.78, 5) is 4.42. The molecule has 1 atom stereocenters. The molecule has 86 valence electrons. The van der Waals surface area contributed by atoms with Gasteiger partial charge in [-0.3, -0.25) is 0 Å². The molecule has 1 rings (SSSR count). The van der Waals surface area contributed by atoms with E-state index in [1.54, 1.807) is 11.3 Å². The molecule has 0 amide bonds. The summed E-state index contributed by atoms with van der Waals surface area (Å²) in [6.07, 6.45) is 3.30. The van der Waals surface area contributed by atoms with Crippen LogP contribution in [0.2, 0.25) is 0 Å². The quantitative estimate of drug-likeness (QED) is 0.697. The highest BCUT2D eigenvalue weighted by atomic mass is 32.1. The maximum atomic E-state index is 5.66. The Balaban J connectivity index is 1.98. The molecule has 0 spiro atoms. The van der Waals surface area contributed by atoms with Gasteiger partial charge in [0.15, 0.2) is 0 Å². The zero-order valence-electron chi connectivity index (χ0n) is 9.62. The van der Waals surface area contributed by atoms with Gasteiger partial charge in [0, 0.05) is 30.1 Å². The van der Waals surface area contributed by atoms with Crippen LogP contribution in [0.15, 0.2) is 5.38 Å². The molecule has 0 aromatic carbocycles. The highest BCUT2D eigenvalue weighted by Gasteiger charge is 1.98. The van der Waals surface area contributed by atoms with Gasteiger partial charge in [-0.25, -0.2) is 4.98 Å². The lowest BCUT2D eigenvalue weighted by Crippen LogP contribution is -2.21. The van der Waals surface area contributed by atoms with Crippen LogP contribution < -0.4 is 11.1 Å². The van der Waals surface area contributed by atoms with Crippen LogP contribution in [0.4, 0.5) is 0 Å². The third-order valence-corrected chi connectivity index (χ3v) is 3.22. The van der Waals surface area contributed by atoms with Crippen molar-refractivity contribution < 1.29 is 0 Å². The fourth-order valence-corrected chi connectivity index (χ4v) is 2.16. The van der Waals surface area contributed by atoms with Gasteiger partial charge in [0.1, 0.15) is 0 Å². The average Bonchev–Trinajstić information content (AvgIpc) is 2.57. The third kappa shape index (κ3) is 5.87.